The Hall–Kier alpha value is -10.2. The van der Waals surface area contributed by atoms with E-state index in [1.165, 1.54) is 32.3 Å². The van der Waals surface area contributed by atoms with Crippen molar-refractivity contribution in [1.82, 2.24) is 19.9 Å². The minimum absolute atomic E-state index is 0.415. The highest BCUT2D eigenvalue weighted by Gasteiger charge is 2.36. The Morgan fingerprint density at radius 3 is 1.00 bits per heavy atom. The summed E-state index contributed by atoms with van der Waals surface area (Å²) >= 11 is 0. The summed E-state index contributed by atoms with van der Waals surface area (Å²) in [6.45, 7) is 0. The van der Waals surface area contributed by atoms with Crippen molar-refractivity contribution in [3.05, 3.63) is 304 Å². The zero-order valence-electron chi connectivity index (χ0n) is 44.8. The maximum atomic E-state index is 16.2. The molecule has 0 amide bonds. The molecule has 1 atom stereocenters. The van der Waals surface area contributed by atoms with Crippen molar-refractivity contribution in [3.8, 4) is 67.7 Å². The quantitative estimate of drug-likeness (QED) is 0.0838. The van der Waals surface area contributed by atoms with Crippen LogP contribution in [0.1, 0.15) is 0 Å². The van der Waals surface area contributed by atoms with E-state index in [9.17, 15) is 0 Å². The average molecular weight is 1110 g/mol. The molecule has 0 spiro atoms. The summed E-state index contributed by atoms with van der Waals surface area (Å²) in [6.07, 6.45) is 7.51. The van der Waals surface area contributed by atoms with Crippen LogP contribution in [0, 0.1) is 0 Å². The molecular formula is C74H50N4O3P2. The third-order valence-corrected chi connectivity index (χ3v) is 21.7. The Bertz CT molecular complexity index is 4720. The Labute approximate surface area is 481 Å². The lowest BCUT2D eigenvalue weighted by Crippen LogP contribution is -2.27. The highest BCUT2D eigenvalue weighted by Crippen LogP contribution is 2.49. The molecule has 0 saturated carbocycles. The SMILES string of the molecule is O=P(c1ccccc1)(c1ccccc1)c1ccccc1Oc1ccccc1P(=O)(c1ccccc1)c1ccc(-c2ccc(-c3ccc(-c4ccc5c6ccc(-c7ccc(-c8ccccn8)nc7)cc6c6ccccc6c5c4)cn3)nc2)cc1. The minimum atomic E-state index is -3.58. The summed E-state index contributed by atoms with van der Waals surface area (Å²) < 4.78 is 38.8. The molecule has 9 heteroatoms. The molecule has 0 aliphatic heterocycles. The summed E-state index contributed by atoms with van der Waals surface area (Å²) in [5.74, 6) is 0.841. The van der Waals surface area contributed by atoms with Crippen LogP contribution in [0.15, 0.2) is 304 Å². The van der Waals surface area contributed by atoms with E-state index in [-0.39, 0.29) is 0 Å². The van der Waals surface area contributed by atoms with Crippen molar-refractivity contribution < 1.29 is 13.9 Å². The van der Waals surface area contributed by atoms with Crippen LogP contribution >= 0.6 is 14.3 Å². The number of rotatable bonds is 13. The van der Waals surface area contributed by atoms with E-state index < -0.39 is 14.3 Å². The number of fused-ring (bicyclic) bond motifs is 6. The summed E-state index contributed by atoms with van der Waals surface area (Å²) in [5.41, 5.74) is 9.30. The monoisotopic (exact) mass is 1100 g/mol. The summed E-state index contributed by atoms with van der Waals surface area (Å²) in [7, 11) is -7.01. The molecule has 14 rings (SSSR count). The van der Waals surface area contributed by atoms with Crippen LogP contribution in [0.2, 0.25) is 0 Å². The third-order valence-electron chi connectivity index (χ3n) is 15.5. The fourth-order valence-corrected chi connectivity index (χ4v) is 16.8. The number of aromatic nitrogens is 4. The van der Waals surface area contributed by atoms with Gasteiger partial charge in [0.25, 0.3) is 0 Å². The number of pyridine rings is 4. The first kappa shape index (κ1) is 51.0. The van der Waals surface area contributed by atoms with Gasteiger partial charge in [-0.05, 0) is 116 Å². The lowest BCUT2D eigenvalue weighted by molar-refractivity contribution is 0.489. The Balaban J connectivity index is 0.730. The van der Waals surface area contributed by atoms with Crippen LogP contribution in [0.5, 0.6) is 11.5 Å². The van der Waals surface area contributed by atoms with Gasteiger partial charge in [0.05, 0.1) is 33.4 Å². The standard InChI is InChI=1S/C74H50N4O3P2/c79-82(57-18-4-1-5-19-57,58-20-6-2-7-21-58)73-29-14-12-27-71(73)81-72-28-13-15-30-74(72)83(80,59-22-8-3-9-23-59)60-38-31-51(32-39-60)54-35-42-69(76-48-54)70-44-37-56(50-78-70)53-34-41-64-63-40-33-52(46-65(63)61-24-10-11-25-62(61)66(64)47-53)55-36-43-68(77-49-55)67-26-16-17-45-75-67/h1-50H. The first-order valence-electron chi connectivity index (χ1n) is 27.4. The van der Waals surface area contributed by atoms with E-state index in [1.807, 2.05) is 225 Å². The lowest BCUT2D eigenvalue weighted by atomic mass is 9.90. The van der Waals surface area contributed by atoms with Crippen LogP contribution in [0.4, 0.5) is 0 Å². The van der Waals surface area contributed by atoms with Gasteiger partial charge in [0.2, 0.25) is 0 Å². The Morgan fingerprint density at radius 2 is 0.590 bits per heavy atom. The maximum Gasteiger partial charge on any atom is 0.174 e. The van der Waals surface area contributed by atoms with Gasteiger partial charge in [0.15, 0.2) is 14.3 Å². The van der Waals surface area contributed by atoms with Crippen LogP contribution in [0.3, 0.4) is 0 Å². The van der Waals surface area contributed by atoms with Gasteiger partial charge in [0.1, 0.15) is 11.5 Å². The second-order valence-corrected chi connectivity index (χ2v) is 25.9. The fraction of sp³-hybridized carbons (Fsp3) is 0. The smallest absolute Gasteiger partial charge is 0.174 e. The molecule has 10 aromatic carbocycles. The number of ether oxygens (including phenoxy) is 1. The maximum absolute atomic E-state index is 16.2. The van der Waals surface area contributed by atoms with Crippen molar-refractivity contribution in [2.45, 2.75) is 0 Å². The fourth-order valence-electron chi connectivity index (χ4n) is 11.3. The Kier molecular flexibility index (Phi) is 13.3. The van der Waals surface area contributed by atoms with Gasteiger partial charge in [-0.3, -0.25) is 19.9 Å². The number of benzene rings is 10. The van der Waals surface area contributed by atoms with Crippen molar-refractivity contribution in [2.75, 3.05) is 0 Å². The van der Waals surface area contributed by atoms with Gasteiger partial charge in [-0.1, -0.05) is 212 Å². The lowest BCUT2D eigenvalue weighted by Gasteiger charge is -2.25. The molecule has 0 saturated heterocycles. The van der Waals surface area contributed by atoms with Crippen molar-refractivity contribution >= 4 is 78.4 Å². The summed E-state index contributed by atoms with van der Waals surface area (Å²) in [4.78, 5) is 19.0. The molecule has 0 N–H and O–H groups in total. The van der Waals surface area contributed by atoms with Gasteiger partial charge in [-0.25, -0.2) is 0 Å². The molecule has 14 aromatic rings. The molecule has 0 bridgehead atoms. The Morgan fingerprint density at radius 1 is 0.253 bits per heavy atom. The van der Waals surface area contributed by atoms with Gasteiger partial charge < -0.3 is 13.9 Å². The largest absolute Gasteiger partial charge is 0.456 e. The predicted octanol–water partition coefficient (Wildman–Crippen LogP) is 16.1. The molecule has 394 valence electrons. The van der Waals surface area contributed by atoms with Gasteiger partial charge >= 0.3 is 0 Å². The van der Waals surface area contributed by atoms with Crippen LogP contribution in [0.25, 0.3) is 88.5 Å². The highest BCUT2D eigenvalue weighted by atomic mass is 31.2. The normalized spacial score (nSPS) is 12.3. The second-order valence-electron chi connectivity index (χ2n) is 20.4. The van der Waals surface area contributed by atoms with E-state index in [2.05, 4.69) is 77.8 Å². The number of para-hydroxylation sites is 2. The third kappa shape index (κ3) is 9.42. The van der Waals surface area contributed by atoms with E-state index >= 15 is 9.13 Å². The van der Waals surface area contributed by atoms with Crippen LogP contribution in [-0.4, -0.2) is 19.9 Å². The van der Waals surface area contributed by atoms with Crippen molar-refractivity contribution in [1.29, 1.82) is 0 Å². The molecular weight excluding hydrogens is 1050 g/mol. The molecule has 0 aliphatic carbocycles. The number of nitrogens with zero attached hydrogens (tertiary/aromatic N) is 4. The van der Waals surface area contributed by atoms with E-state index in [1.54, 1.807) is 6.20 Å². The molecule has 1 unspecified atom stereocenters. The van der Waals surface area contributed by atoms with Gasteiger partial charge in [-0.2, -0.15) is 0 Å². The van der Waals surface area contributed by atoms with Crippen LogP contribution in [-0.2, 0) is 9.13 Å². The van der Waals surface area contributed by atoms with Crippen molar-refractivity contribution in [2.24, 2.45) is 0 Å². The minimum Gasteiger partial charge on any atom is -0.456 e. The molecule has 7 nitrogen and oxygen atoms in total. The highest BCUT2D eigenvalue weighted by molar-refractivity contribution is 7.86. The molecule has 4 aromatic heterocycles. The zero-order chi connectivity index (χ0) is 55.7. The topological polar surface area (TPSA) is 94.9 Å². The van der Waals surface area contributed by atoms with Gasteiger partial charge in [0, 0.05) is 62.7 Å². The number of hydrogen-bond acceptors (Lipinski definition) is 7. The van der Waals surface area contributed by atoms with E-state index in [0.29, 0.717) is 43.3 Å². The number of hydrogen-bond donors (Lipinski definition) is 0. The van der Waals surface area contributed by atoms with Gasteiger partial charge in [-0.15, -0.1) is 0 Å². The second kappa shape index (κ2) is 21.7. The predicted molar refractivity (Wildman–Crippen MR) is 343 cm³/mol. The summed E-state index contributed by atoms with van der Waals surface area (Å²) in [6, 6.07) is 91.7. The van der Waals surface area contributed by atoms with E-state index in [0.717, 1.165) is 56.2 Å². The molecule has 0 radical (unpaired) electrons. The van der Waals surface area contributed by atoms with Crippen LogP contribution < -0.4 is 36.6 Å². The van der Waals surface area contributed by atoms with E-state index in [4.69, 9.17) is 19.7 Å². The first-order chi connectivity index (χ1) is 40.9. The van der Waals surface area contributed by atoms with Crippen molar-refractivity contribution in [3.63, 3.8) is 0 Å². The summed E-state index contributed by atoms with van der Waals surface area (Å²) in [5, 5.41) is 10.9. The molecule has 83 heavy (non-hydrogen) atoms. The molecule has 0 aliphatic rings. The zero-order valence-corrected chi connectivity index (χ0v) is 46.6. The first-order valence-corrected chi connectivity index (χ1v) is 30.9. The molecule has 4 heterocycles. The molecule has 0 fully saturated rings. The average Bonchev–Trinajstić information content (AvgIpc) is 3.52.